The maximum Gasteiger partial charge on any atom is 0.0837 e. The Bertz CT molecular complexity index is 303. The van der Waals surface area contributed by atoms with Gasteiger partial charge >= 0.3 is 0 Å². The molecule has 0 spiro atoms. The van der Waals surface area contributed by atoms with Gasteiger partial charge in [-0.2, -0.15) is 0 Å². The second-order valence-electron chi connectivity index (χ2n) is 2.34. The Balaban J connectivity index is 3.17. The Morgan fingerprint density at radius 2 is 1.75 bits per heavy atom. The number of rotatable bonds is 1. The molecule has 64 valence electrons. The molecule has 0 bridgehead atoms. The molecule has 1 N–H and O–H groups in total. The first-order valence-electron chi connectivity index (χ1n) is 3.28. The van der Waals surface area contributed by atoms with Gasteiger partial charge in [-0.15, -0.1) is 0 Å². The van der Waals surface area contributed by atoms with Crippen molar-refractivity contribution in [3.05, 3.63) is 33.8 Å². The summed E-state index contributed by atoms with van der Waals surface area (Å²) in [5.41, 5.74) is 1.20. The molecule has 1 aromatic rings. The van der Waals surface area contributed by atoms with Gasteiger partial charge in [-0.25, -0.2) is 0 Å². The summed E-state index contributed by atoms with van der Waals surface area (Å²) in [6.45, 7) is 1.67. The minimum atomic E-state index is 0.486. The Morgan fingerprint density at radius 1 is 1.25 bits per heavy atom. The van der Waals surface area contributed by atoms with E-state index in [-0.39, 0.29) is 0 Å². The van der Waals surface area contributed by atoms with Crippen molar-refractivity contribution >= 4 is 28.9 Å². The third kappa shape index (κ3) is 2.13. The molecule has 0 atom stereocenters. The van der Waals surface area contributed by atoms with Crippen LogP contribution >= 0.6 is 23.2 Å². The molecule has 0 aliphatic carbocycles. The quantitative estimate of drug-likeness (QED) is 0.425. The molecule has 12 heavy (non-hydrogen) atoms. The first-order valence-corrected chi connectivity index (χ1v) is 4.04. The summed E-state index contributed by atoms with van der Waals surface area (Å²) < 4.78 is 0. The number of hydrogen-bond donors (Lipinski definition) is 1. The lowest BCUT2D eigenvalue weighted by atomic mass is 10.1. The predicted molar refractivity (Wildman–Crippen MR) is 50.5 cm³/mol. The first-order chi connectivity index (χ1) is 5.63. The molecule has 0 fully saturated rings. The van der Waals surface area contributed by atoms with Crippen molar-refractivity contribution in [1.82, 2.24) is 0 Å². The fourth-order valence-electron chi connectivity index (χ4n) is 0.820. The van der Waals surface area contributed by atoms with E-state index in [1.54, 1.807) is 25.1 Å². The van der Waals surface area contributed by atoms with Crippen LogP contribution in [0.4, 0.5) is 0 Å². The lowest BCUT2D eigenvalue weighted by Crippen LogP contribution is -1.93. The van der Waals surface area contributed by atoms with Crippen LogP contribution in [-0.4, -0.2) is 10.9 Å². The summed E-state index contributed by atoms with van der Waals surface area (Å²) in [6, 6.07) is 4.99. The van der Waals surface area contributed by atoms with E-state index in [4.69, 9.17) is 28.4 Å². The molecule has 0 saturated heterocycles. The van der Waals surface area contributed by atoms with E-state index in [0.717, 1.165) is 5.56 Å². The summed E-state index contributed by atoms with van der Waals surface area (Å²) in [5, 5.41) is 12.6. The molecule has 0 amide bonds. The van der Waals surface area contributed by atoms with E-state index >= 15 is 0 Å². The van der Waals surface area contributed by atoms with Gasteiger partial charge in [-0.05, 0) is 25.1 Å². The molecular weight excluding hydrogens is 197 g/mol. The second-order valence-corrected chi connectivity index (χ2v) is 3.22. The fraction of sp³-hybridized carbons (Fsp3) is 0.125. The SMILES string of the molecule is C/C(=N/O)c1cc(Cl)cc(Cl)c1. The van der Waals surface area contributed by atoms with Crippen LogP contribution in [0, 0.1) is 0 Å². The minimum Gasteiger partial charge on any atom is -0.411 e. The van der Waals surface area contributed by atoms with Crippen molar-refractivity contribution < 1.29 is 5.21 Å². The highest BCUT2D eigenvalue weighted by atomic mass is 35.5. The Morgan fingerprint density at radius 3 is 2.17 bits per heavy atom. The van der Waals surface area contributed by atoms with Crippen LogP contribution in [0.1, 0.15) is 12.5 Å². The fourth-order valence-corrected chi connectivity index (χ4v) is 1.35. The third-order valence-corrected chi connectivity index (χ3v) is 1.87. The van der Waals surface area contributed by atoms with Crippen LogP contribution in [-0.2, 0) is 0 Å². The zero-order valence-corrected chi connectivity index (χ0v) is 7.89. The molecular formula is C8H7Cl2NO. The maximum atomic E-state index is 8.47. The van der Waals surface area contributed by atoms with Gasteiger partial charge in [0.15, 0.2) is 0 Å². The Hall–Kier alpha value is -0.730. The molecule has 4 heteroatoms. The lowest BCUT2D eigenvalue weighted by Gasteiger charge is -1.99. The van der Waals surface area contributed by atoms with E-state index in [2.05, 4.69) is 5.16 Å². The van der Waals surface area contributed by atoms with Crippen molar-refractivity contribution in [2.45, 2.75) is 6.92 Å². The number of nitrogens with zero attached hydrogens (tertiary/aromatic N) is 1. The zero-order valence-electron chi connectivity index (χ0n) is 6.38. The predicted octanol–water partition coefficient (Wildman–Crippen LogP) is 3.19. The summed E-state index contributed by atoms with van der Waals surface area (Å²) in [6.07, 6.45) is 0. The van der Waals surface area contributed by atoms with Crippen molar-refractivity contribution in [2.24, 2.45) is 5.16 Å². The summed E-state index contributed by atoms with van der Waals surface area (Å²) >= 11 is 11.5. The van der Waals surface area contributed by atoms with Gasteiger partial charge in [0.1, 0.15) is 0 Å². The highest BCUT2D eigenvalue weighted by Gasteiger charge is 2.00. The number of hydrogen-bond acceptors (Lipinski definition) is 2. The molecule has 0 saturated carbocycles. The van der Waals surface area contributed by atoms with E-state index < -0.39 is 0 Å². The zero-order chi connectivity index (χ0) is 9.14. The smallest absolute Gasteiger partial charge is 0.0837 e. The molecule has 1 rings (SSSR count). The van der Waals surface area contributed by atoms with Crippen molar-refractivity contribution in [3.8, 4) is 0 Å². The summed E-state index contributed by atoms with van der Waals surface area (Å²) in [4.78, 5) is 0. The van der Waals surface area contributed by atoms with Crippen LogP contribution in [0.3, 0.4) is 0 Å². The van der Waals surface area contributed by atoms with Gasteiger partial charge in [-0.3, -0.25) is 0 Å². The highest BCUT2D eigenvalue weighted by molar-refractivity contribution is 6.35. The molecule has 2 nitrogen and oxygen atoms in total. The standard InChI is InChI=1S/C8H7Cl2NO/c1-5(11-12)6-2-7(9)4-8(10)3-6/h2-4,12H,1H3/b11-5-. The van der Waals surface area contributed by atoms with Crippen molar-refractivity contribution in [1.29, 1.82) is 0 Å². The largest absolute Gasteiger partial charge is 0.411 e. The van der Waals surface area contributed by atoms with Gasteiger partial charge in [-0.1, -0.05) is 28.4 Å². The van der Waals surface area contributed by atoms with Gasteiger partial charge < -0.3 is 5.21 Å². The van der Waals surface area contributed by atoms with Gasteiger partial charge in [0.05, 0.1) is 5.71 Å². The number of halogens is 2. The summed E-state index contributed by atoms with van der Waals surface area (Å²) in [7, 11) is 0. The van der Waals surface area contributed by atoms with Crippen LogP contribution in [0.25, 0.3) is 0 Å². The van der Waals surface area contributed by atoms with E-state index in [9.17, 15) is 0 Å². The van der Waals surface area contributed by atoms with Crippen molar-refractivity contribution in [2.75, 3.05) is 0 Å². The van der Waals surface area contributed by atoms with Crippen LogP contribution in [0.2, 0.25) is 10.0 Å². The molecule has 0 heterocycles. The van der Waals surface area contributed by atoms with Crippen LogP contribution in [0.15, 0.2) is 23.4 Å². The first kappa shape index (κ1) is 9.36. The van der Waals surface area contributed by atoms with Crippen molar-refractivity contribution in [3.63, 3.8) is 0 Å². The molecule has 0 aromatic heterocycles. The molecule has 0 unspecified atom stereocenters. The maximum absolute atomic E-state index is 8.47. The average molecular weight is 204 g/mol. The average Bonchev–Trinajstić information content (AvgIpc) is 2.01. The molecule has 1 aromatic carbocycles. The van der Waals surface area contributed by atoms with Gasteiger partial charge in [0.2, 0.25) is 0 Å². The normalized spacial score (nSPS) is 11.8. The molecule has 0 radical (unpaired) electrons. The lowest BCUT2D eigenvalue weighted by molar-refractivity contribution is 0.319. The molecule has 0 aliphatic rings. The van der Waals surface area contributed by atoms with Gasteiger partial charge in [0.25, 0.3) is 0 Å². The third-order valence-electron chi connectivity index (χ3n) is 1.43. The Labute approximate surface area is 80.4 Å². The van der Waals surface area contributed by atoms with Gasteiger partial charge in [0, 0.05) is 15.6 Å². The molecule has 0 aliphatic heterocycles. The van der Waals surface area contributed by atoms with E-state index in [1.165, 1.54) is 0 Å². The van der Waals surface area contributed by atoms with E-state index in [1.807, 2.05) is 0 Å². The minimum absolute atomic E-state index is 0.486. The number of benzene rings is 1. The topological polar surface area (TPSA) is 32.6 Å². The van der Waals surface area contributed by atoms with E-state index in [0.29, 0.717) is 15.8 Å². The highest BCUT2D eigenvalue weighted by Crippen LogP contribution is 2.19. The monoisotopic (exact) mass is 203 g/mol. The van der Waals surface area contributed by atoms with Crippen LogP contribution in [0.5, 0.6) is 0 Å². The second kappa shape index (κ2) is 3.78. The summed E-state index contributed by atoms with van der Waals surface area (Å²) in [5.74, 6) is 0. The van der Waals surface area contributed by atoms with Crippen LogP contribution < -0.4 is 0 Å². The number of oxime groups is 1. The Kier molecular flexibility index (Phi) is 2.95.